The number of nitrogens with zero attached hydrogens (tertiary/aromatic N) is 1. The van der Waals surface area contributed by atoms with Gasteiger partial charge in [0.05, 0.1) is 10.5 Å². The Balaban J connectivity index is 1.69. The molecule has 0 bridgehead atoms. The molecule has 1 saturated heterocycles. The first-order valence-electron chi connectivity index (χ1n) is 8.44. The van der Waals surface area contributed by atoms with Gasteiger partial charge in [-0.25, -0.2) is 17.6 Å². The highest BCUT2D eigenvalue weighted by atomic mass is 32.2. The van der Waals surface area contributed by atoms with Gasteiger partial charge in [-0.1, -0.05) is 12.1 Å². The summed E-state index contributed by atoms with van der Waals surface area (Å²) >= 11 is 0. The molecule has 5 nitrogen and oxygen atoms in total. The zero-order chi connectivity index (χ0) is 18.7. The quantitative estimate of drug-likeness (QED) is 0.748. The molecule has 1 aliphatic heterocycles. The molecule has 0 unspecified atom stereocenters. The van der Waals surface area contributed by atoms with Crippen LogP contribution in [0.2, 0.25) is 0 Å². The third-order valence-corrected chi connectivity index (χ3v) is 6.33. The van der Waals surface area contributed by atoms with Crippen molar-refractivity contribution >= 4 is 16.0 Å². The van der Waals surface area contributed by atoms with Crippen molar-refractivity contribution < 1.29 is 22.3 Å². The number of carbonyl (C=O) groups excluding carboxylic acids is 1. The minimum Gasteiger partial charge on any atom is -0.454 e. The summed E-state index contributed by atoms with van der Waals surface area (Å²) in [6, 6.07) is 11.5. The predicted molar refractivity (Wildman–Crippen MR) is 94.7 cm³/mol. The van der Waals surface area contributed by atoms with E-state index in [0.29, 0.717) is 18.7 Å². The fraction of sp³-hybridized carbons (Fsp3) is 0.316. The van der Waals surface area contributed by atoms with Crippen molar-refractivity contribution in [2.45, 2.75) is 30.8 Å². The largest absolute Gasteiger partial charge is 0.454 e. The standard InChI is InChI=1S/C19H20FNO4S/c1-14(15-4-8-17(20)9-5-15)25-19(22)16-6-10-18(11-7-16)26(23,24)21-12-2-3-13-21/h4-11,14H,2-3,12-13H2,1H3/t14-/m0/s1. The number of benzene rings is 2. The molecule has 1 fully saturated rings. The zero-order valence-electron chi connectivity index (χ0n) is 14.4. The van der Waals surface area contributed by atoms with Gasteiger partial charge in [0.15, 0.2) is 0 Å². The van der Waals surface area contributed by atoms with Gasteiger partial charge in [-0.2, -0.15) is 4.31 Å². The zero-order valence-corrected chi connectivity index (χ0v) is 15.2. The van der Waals surface area contributed by atoms with Crippen LogP contribution in [0.5, 0.6) is 0 Å². The molecule has 0 aromatic heterocycles. The normalized spacial score (nSPS) is 16.4. The van der Waals surface area contributed by atoms with Crippen molar-refractivity contribution in [3.8, 4) is 0 Å². The van der Waals surface area contributed by atoms with Crippen molar-refractivity contribution in [1.82, 2.24) is 4.31 Å². The first-order valence-corrected chi connectivity index (χ1v) is 9.88. The molecule has 138 valence electrons. The lowest BCUT2D eigenvalue weighted by molar-refractivity contribution is 0.0337. The van der Waals surface area contributed by atoms with Gasteiger partial charge in [0.1, 0.15) is 11.9 Å². The van der Waals surface area contributed by atoms with Crippen LogP contribution in [0.15, 0.2) is 53.4 Å². The van der Waals surface area contributed by atoms with E-state index in [4.69, 9.17) is 4.74 Å². The van der Waals surface area contributed by atoms with Crippen molar-refractivity contribution in [2.75, 3.05) is 13.1 Å². The number of carbonyl (C=O) groups is 1. The third-order valence-electron chi connectivity index (χ3n) is 4.42. The van der Waals surface area contributed by atoms with Gasteiger partial charge in [0, 0.05) is 13.1 Å². The van der Waals surface area contributed by atoms with Crippen LogP contribution < -0.4 is 0 Å². The molecular formula is C19H20FNO4S. The summed E-state index contributed by atoms with van der Waals surface area (Å²) in [4.78, 5) is 12.4. The molecule has 3 rings (SSSR count). The van der Waals surface area contributed by atoms with Crippen molar-refractivity contribution in [3.63, 3.8) is 0 Å². The molecule has 0 amide bonds. The molecule has 0 radical (unpaired) electrons. The molecule has 1 heterocycles. The summed E-state index contributed by atoms with van der Waals surface area (Å²) in [7, 11) is -3.51. The van der Waals surface area contributed by atoms with Crippen LogP contribution in [-0.2, 0) is 14.8 Å². The van der Waals surface area contributed by atoms with E-state index in [1.807, 2.05) is 0 Å². The molecule has 2 aromatic carbocycles. The molecule has 0 aliphatic carbocycles. The Labute approximate surface area is 152 Å². The highest BCUT2D eigenvalue weighted by Gasteiger charge is 2.27. The number of halogens is 1. The lowest BCUT2D eigenvalue weighted by atomic mass is 10.1. The first kappa shape index (κ1) is 18.5. The van der Waals surface area contributed by atoms with Gasteiger partial charge in [0.2, 0.25) is 10.0 Å². The van der Waals surface area contributed by atoms with Gasteiger partial charge >= 0.3 is 5.97 Å². The topological polar surface area (TPSA) is 63.7 Å². The van der Waals surface area contributed by atoms with Gasteiger partial charge in [-0.15, -0.1) is 0 Å². The van der Waals surface area contributed by atoms with Crippen LogP contribution >= 0.6 is 0 Å². The first-order chi connectivity index (χ1) is 12.4. The van der Waals surface area contributed by atoms with E-state index < -0.39 is 22.1 Å². The second-order valence-corrected chi connectivity index (χ2v) is 8.17. The lowest BCUT2D eigenvalue weighted by Crippen LogP contribution is -2.27. The van der Waals surface area contributed by atoms with E-state index in [-0.39, 0.29) is 16.3 Å². The predicted octanol–water partition coefficient (Wildman–Crippen LogP) is 3.53. The lowest BCUT2D eigenvalue weighted by Gasteiger charge is -2.16. The van der Waals surface area contributed by atoms with Crippen LogP contribution in [0.4, 0.5) is 4.39 Å². The summed E-state index contributed by atoms with van der Waals surface area (Å²) in [6.45, 7) is 2.75. The van der Waals surface area contributed by atoms with Crippen LogP contribution in [0, 0.1) is 5.82 Å². The fourth-order valence-corrected chi connectivity index (χ4v) is 4.39. The van der Waals surface area contributed by atoms with Crippen LogP contribution in [-0.4, -0.2) is 31.8 Å². The number of esters is 1. The molecule has 2 aromatic rings. The monoisotopic (exact) mass is 377 g/mol. The fourth-order valence-electron chi connectivity index (χ4n) is 2.87. The van der Waals surface area contributed by atoms with Crippen LogP contribution in [0.1, 0.15) is 41.8 Å². The molecule has 1 aliphatic rings. The molecule has 0 spiro atoms. The summed E-state index contributed by atoms with van der Waals surface area (Å²) in [5.74, 6) is -0.922. The smallest absolute Gasteiger partial charge is 0.338 e. The van der Waals surface area contributed by atoms with E-state index in [2.05, 4.69) is 0 Å². The minimum atomic E-state index is -3.51. The maximum atomic E-state index is 13.0. The highest BCUT2D eigenvalue weighted by Crippen LogP contribution is 2.23. The molecule has 26 heavy (non-hydrogen) atoms. The Morgan fingerprint density at radius 3 is 2.19 bits per heavy atom. The van der Waals surface area contributed by atoms with Crippen LogP contribution in [0.3, 0.4) is 0 Å². The average molecular weight is 377 g/mol. The third kappa shape index (κ3) is 3.94. The number of hydrogen-bond acceptors (Lipinski definition) is 4. The molecule has 0 saturated carbocycles. The average Bonchev–Trinajstić information content (AvgIpc) is 3.18. The van der Waals surface area contributed by atoms with E-state index in [9.17, 15) is 17.6 Å². The van der Waals surface area contributed by atoms with Gasteiger partial charge < -0.3 is 4.74 Å². The summed E-state index contributed by atoms with van der Waals surface area (Å²) in [6.07, 6.45) is 1.19. The molecule has 7 heteroatoms. The van der Waals surface area contributed by atoms with E-state index >= 15 is 0 Å². The van der Waals surface area contributed by atoms with Crippen molar-refractivity contribution in [2.24, 2.45) is 0 Å². The Morgan fingerprint density at radius 1 is 1.04 bits per heavy atom. The molecule has 0 N–H and O–H groups in total. The second kappa shape index (κ2) is 7.55. The summed E-state index contributed by atoms with van der Waals surface area (Å²) < 4.78 is 44.8. The molecular weight excluding hydrogens is 357 g/mol. The van der Waals surface area contributed by atoms with Crippen molar-refractivity contribution in [1.29, 1.82) is 0 Å². The van der Waals surface area contributed by atoms with Gasteiger partial charge in [0.25, 0.3) is 0 Å². The van der Waals surface area contributed by atoms with Crippen LogP contribution in [0.25, 0.3) is 0 Å². The number of ether oxygens (including phenoxy) is 1. The SMILES string of the molecule is C[C@H](OC(=O)c1ccc(S(=O)(=O)N2CCCC2)cc1)c1ccc(F)cc1. The second-order valence-electron chi connectivity index (χ2n) is 6.23. The van der Waals surface area contributed by atoms with Gasteiger partial charge in [-0.05, 0) is 61.7 Å². The Hall–Kier alpha value is -2.25. The highest BCUT2D eigenvalue weighted by molar-refractivity contribution is 7.89. The number of rotatable bonds is 5. The summed E-state index contributed by atoms with van der Waals surface area (Å²) in [5.41, 5.74) is 0.937. The van der Waals surface area contributed by atoms with Gasteiger partial charge in [-0.3, -0.25) is 0 Å². The summed E-state index contributed by atoms with van der Waals surface area (Å²) in [5, 5.41) is 0. The number of hydrogen-bond donors (Lipinski definition) is 0. The van der Waals surface area contributed by atoms with E-state index in [0.717, 1.165) is 12.8 Å². The van der Waals surface area contributed by atoms with E-state index in [1.54, 1.807) is 19.1 Å². The maximum Gasteiger partial charge on any atom is 0.338 e. The van der Waals surface area contributed by atoms with E-state index in [1.165, 1.54) is 40.7 Å². The Kier molecular flexibility index (Phi) is 5.38. The molecule has 1 atom stereocenters. The Morgan fingerprint density at radius 2 is 1.62 bits per heavy atom. The Bertz CT molecular complexity index is 873. The van der Waals surface area contributed by atoms with Crippen molar-refractivity contribution in [3.05, 3.63) is 65.5 Å². The number of sulfonamides is 1. The maximum absolute atomic E-state index is 13.0. The minimum absolute atomic E-state index is 0.169.